The Labute approximate surface area is 216 Å². The molecule has 1 N–H and O–H groups in total. The highest BCUT2D eigenvalue weighted by atomic mass is 35.5. The van der Waals surface area contributed by atoms with E-state index in [4.69, 9.17) is 26.2 Å². The standard InChI is InChI=1S/C26H23ClF3N3O4/c1-33(21-7-3-4-8-22(21)36-2)25(35)18-12-17(20(27)13-23(18)37-10-6-5-9-34)19-15-32-24(26(28,29)30)11-16(19)14-31/h3-4,7-8,11-13,15,34H,5-6,9-10H2,1-2H3. The molecular weight excluding hydrogens is 511 g/mol. The Bertz CT molecular complexity index is 1330. The first-order valence-electron chi connectivity index (χ1n) is 11.1. The number of ether oxygens (including phenoxy) is 2. The number of aliphatic hydroxyl groups is 1. The summed E-state index contributed by atoms with van der Waals surface area (Å²) in [5, 5.41) is 18.6. The highest BCUT2D eigenvalue weighted by Gasteiger charge is 2.33. The number of para-hydroxylation sites is 2. The number of alkyl halides is 3. The molecule has 0 bridgehead atoms. The minimum absolute atomic E-state index is 0.0246. The van der Waals surface area contributed by atoms with Crippen LogP contribution in [0.4, 0.5) is 18.9 Å². The summed E-state index contributed by atoms with van der Waals surface area (Å²) < 4.78 is 50.5. The lowest BCUT2D eigenvalue weighted by Crippen LogP contribution is -2.27. The lowest BCUT2D eigenvalue weighted by Gasteiger charge is -2.22. The molecule has 0 aliphatic carbocycles. The third-order valence-electron chi connectivity index (χ3n) is 5.47. The van der Waals surface area contributed by atoms with Crippen molar-refractivity contribution in [1.82, 2.24) is 4.98 Å². The average Bonchev–Trinajstić information content (AvgIpc) is 2.89. The van der Waals surface area contributed by atoms with Gasteiger partial charge < -0.3 is 19.5 Å². The second kappa shape index (κ2) is 12.0. The van der Waals surface area contributed by atoms with Crippen LogP contribution in [0, 0.1) is 11.3 Å². The number of hydrogen-bond donors (Lipinski definition) is 1. The molecular formula is C26H23ClF3N3O4. The number of unbranched alkanes of at least 4 members (excludes halogenated alkanes) is 1. The van der Waals surface area contributed by atoms with Crippen molar-refractivity contribution in [1.29, 1.82) is 5.26 Å². The molecule has 2 aromatic carbocycles. The van der Waals surface area contributed by atoms with E-state index in [1.165, 1.54) is 31.2 Å². The number of nitrogens with zero attached hydrogens (tertiary/aromatic N) is 3. The number of pyridine rings is 1. The van der Waals surface area contributed by atoms with E-state index in [9.17, 15) is 23.2 Å². The number of amides is 1. The Hall–Kier alpha value is -3.81. The number of benzene rings is 2. The van der Waals surface area contributed by atoms with Crippen molar-refractivity contribution in [3.63, 3.8) is 0 Å². The molecule has 0 saturated carbocycles. The zero-order chi connectivity index (χ0) is 27.2. The van der Waals surface area contributed by atoms with E-state index in [2.05, 4.69) is 4.98 Å². The first kappa shape index (κ1) is 27.8. The van der Waals surface area contributed by atoms with Gasteiger partial charge in [0.05, 0.1) is 41.6 Å². The largest absolute Gasteiger partial charge is 0.495 e. The molecule has 0 atom stereocenters. The zero-order valence-electron chi connectivity index (χ0n) is 20.0. The minimum Gasteiger partial charge on any atom is -0.495 e. The fourth-order valence-electron chi connectivity index (χ4n) is 3.56. The highest BCUT2D eigenvalue weighted by Crippen LogP contribution is 2.39. The third-order valence-corrected chi connectivity index (χ3v) is 5.78. The molecule has 0 fully saturated rings. The molecule has 1 aromatic heterocycles. The summed E-state index contributed by atoms with van der Waals surface area (Å²) in [6.07, 6.45) is -2.84. The van der Waals surface area contributed by atoms with E-state index in [0.717, 1.165) is 6.20 Å². The summed E-state index contributed by atoms with van der Waals surface area (Å²) in [6, 6.07) is 12.0. The van der Waals surface area contributed by atoms with Gasteiger partial charge in [-0.2, -0.15) is 18.4 Å². The maximum Gasteiger partial charge on any atom is 0.433 e. The number of anilines is 1. The summed E-state index contributed by atoms with van der Waals surface area (Å²) in [5.74, 6) is 0.0615. The van der Waals surface area contributed by atoms with Crippen molar-refractivity contribution in [3.05, 3.63) is 70.5 Å². The molecule has 37 heavy (non-hydrogen) atoms. The Morgan fingerprint density at radius 1 is 1.16 bits per heavy atom. The van der Waals surface area contributed by atoms with Crippen LogP contribution in [0.1, 0.15) is 34.5 Å². The number of aliphatic hydroxyl groups excluding tert-OH is 1. The van der Waals surface area contributed by atoms with Gasteiger partial charge in [0.15, 0.2) is 0 Å². The van der Waals surface area contributed by atoms with Crippen LogP contribution in [-0.4, -0.2) is 43.4 Å². The molecule has 0 radical (unpaired) electrons. The normalized spacial score (nSPS) is 11.1. The van der Waals surface area contributed by atoms with Crippen molar-refractivity contribution in [2.45, 2.75) is 19.0 Å². The third kappa shape index (κ3) is 6.31. The summed E-state index contributed by atoms with van der Waals surface area (Å²) >= 11 is 6.46. The highest BCUT2D eigenvalue weighted by molar-refractivity contribution is 6.34. The van der Waals surface area contributed by atoms with Crippen LogP contribution < -0.4 is 14.4 Å². The van der Waals surface area contributed by atoms with Crippen LogP contribution in [0.5, 0.6) is 11.5 Å². The van der Waals surface area contributed by atoms with Crippen molar-refractivity contribution in [2.75, 3.05) is 32.3 Å². The van der Waals surface area contributed by atoms with Gasteiger partial charge in [-0.1, -0.05) is 23.7 Å². The molecule has 1 amide bonds. The van der Waals surface area contributed by atoms with E-state index in [-0.39, 0.29) is 46.2 Å². The lowest BCUT2D eigenvalue weighted by atomic mass is 9.98. The van der Waals surface area contributed by atoms with Crippen molar-refractivity contribution >= 4 is 23.2 Å². The molecule has 1 heterocycles. The van der Waals surface area contributed by atoms with Gasteiger partial charge in [-0.15, -0.1) is 0 Å². The summed E-state index contributed by atoms with van der Waals surface area (Å²) in [6.45, 7) is 0.156. The van der Waals surface area contributed by atoms with Crippen molar-refractivity contribution in [3.8, 4) is 28.7 Å². The Balaban J connectivity index is 2.14. The van der Waals surface area contributed by atoms with Crippen molar-refractivity contribution < 1.29 is 32.5 Å². The molecule has 194 valence electrons. The van der Waals surface area contributed by atoms with E-state index in [1.807, 2.05) is 0 Å². The van der Waals surface area contributed by atoms with Gasteiger partial charge >= 0.3 is 6.18 Å². The summed E-state index contributed by atoms with van der Waals surface area (Å²) in [7, 11) is 3.00. The zero-order valence-corrected chi connectivity index (χ0v) is 20.7. The number of carbonyl (C=O) groups is 1. The van der Waals surface area contributed by atoms with Crippen LogP contribution in [0.3, 0.4) is 0 Å². The lowest BCUT2D eigenvalue weighted by molar-refractivity contribution is -0.141. The molecule has 11 heteroatoms. The molecule has 3 aromatic rings. The van der Waals surface area contributed by atoms with E-state index in [0.29, 0.717) is 30.3 Å². The van der Waals surface area contributed by atoms with Crippen LogP contribution in [0.25, 0.3) is 11.1 Å². The number of hydrogen-bond acceptors (Lipinski definition) is 6. The van der Waals surface area contributed by atoms with Crippen molar-refractivity contribution in [2.24, 2.45) is 0 Å². The van der Waals surface area contributed by atoms with Gasteiger partial charge in [-0.05, 0) is 37.1 Å². The minimum atomic E-state index is -4.74. The molecule has 0 aliphatic heterocycles. The number of halogens is 4. The number of aromatic nitrogens is 1. The predicted octanol–water partition coefficient (Wildman–Crippen LogP) is 5.73. The smallest absolute Gasteiger partial charge is 0.433 e. The van der Waals surface area contributed by atoms with Crippen LogP contribution in [0.2, 0.25) is 5.02 Å². The fraction of sp³-hybridized carbons (Fsp3) is 0.269. The van der Waals surface area contributed by atoms with Crippen LogP contribution in [0.15, 0.2) is 48.7 Å². The fourth-order valence-corrected chi connectivity index (χ4v) is 3.81. The Morgan fingerprint density at radius 2 is 1.89 bits per heavy atom. The predicted molar refractivity (Wildman–Crippen MR) is 132 cm³/mol. The van der Waals surface area contributed by atoms with Crippen LogP contribution in [-0.2, 0) is 6.18 Å². The van der Waals surface area contributed by atoms with Gasteiger partial charge in [0.2, 0.25) is 0 Å². The van der Waals surface area contributed by atoms with Crippen LogP contribution >= 0.6 is 11.6 Å². The summed E-state index contributed by atoms with van der Waals surface area (Å²) in [5.41, 5.74) is -0.843. The van der Waals surface area contributed by atoms with E-state index >= 15 is 0 Å². The SMILES string of the molecule is COc1ccccc1N(C)C(=O)c1cc(-c2cnc(C(F)(F)F)cc2C#N)c(Cl)cc1OCCCCO. The molecule has 0 spiro atoms. The van der Waals surface area contributed by atoms with E-state index in [1.54, 1.807) is 30.3 Å². The number of carbonyl (C=O) groups excluding carboxylic acids is 1. The maximum atomic E-state index is 13.6. The quantitative estimate of drug-likeness (QED) is 0.353. The molecule has 7 nitrogen and oxygen atoms in total. The van der Waals surface area contributed by atoms with Gasteiger partial charge in [-0.25, -0.2) is 0 Å². The topological polar surface area (TPSA) is 95.7 Å². The molecule has 0 saturated heterocycles. The average molecular weight is 534 g/mol. The van der Waals surface area contributed by atoms with Gasteiger partial charge in [-0.3, -0.25) is 9.78 Å². The van der Waals surface area contributed by atoms with Gasteiger partial charge in [0, 0.05) is 37.0 Å². The number of methoxy groups -OCH3 is 1. The monoisotopic (exact) mass is 533 g/mol. The first-order chi connectivity index (χ1) is 17.6. The van der Waals surface area contributed by atoms with E-state index < -0.39 is 17.8 Å². The molecule has 0 unspecified atom stereocenters. The Kier molecular flexibility index (Phi) is 8.97. The Morgan fingerprint density at radius 3 is 2.54 bits per heavy atom. The van der Waals surface area contributed by atoms with Gasteiger partial charge in [0.1, 0.15) is 17.2 Å². The molecule has 3 rings (SSSR count). The van der Waals surface area contributed by atoms with Gasteiger partial charge in [0.25, 0.3) is 5.91 Å². The maximum absolute atomic E-state index is 13.6. The number of nitriles is 1. The molecule has 0 aliphatic rings. The number of rotatable bonds is 9. The second-order valence-electron chi connectivity index (χ2n) is 7.87. The summed E-state index contributed by atoms with van der Waals surface area (Å²) in [4.78, 5) is 18.4. The first-order valence-corrected chi connectivity index (χ1v) is 11.5. The second-order valence-corrected chi connectivity index (χ2v) is 8.28.